The highest BCUT2D eigenvalue weighted by molar-refractivity contribution is 5.82. The Hall–Kier alpha value is -3.28. The van der Waals surface area contributed by atoms with Crippen molar-refractivity contribution in [1.29, 1.82) is 5.26 Å². The number of allylic oxidation sites excluding steroid dienone is 1. The summed E-state index contributed by atoms with van der Waals surface area (Å²) in [7, 11) is 0. The Labute approximate surface area is 202 Å². The number of hydrogen-bond acceptors (Lipinski definition) is 8. The van der Waals surface area contributed by atoms with Crippen LogP contribution in [0.2, 0.25) is 0 Å². The molecule has 2 aliphatic rings. The lowest BCUT2D eigenvalue weighted by Gasteiger charge is -2.39. The number of piperidine rings is 1. The fourth-order valence-electron chi connectivity index (χ4n) is 4.91. The summed E-state index contributed by atoms with van der Waals surface area (Å²) in [5.74, 6) is 1.48. The zero-order chi connectivity index (χ0) is 23.9. The lowest BCUT2D eigenvalue weighted by atomic mass is 9.94. The molecule has 0 bridgehead atoms. The van der Waals surface area contributed by atoms with E-state index >= 15 is 0 Å². The predicted octanol–water partition coefficient (Wildman–Crippen LogP) is 3.13. The van der Waals surface area contributed by atoms with Crippen molar-refractivity contribution in [2.45, 2.75) is 32.9 Å². The number of nitrogens with zero attached hydrogens (tertiary/aromatic N) is 6. The summed E-state index contributed by atoms with van der Waals surface area (Å²) in [5, 5.41) is 16.6. The Morgan fingerprint density at radius 2 is 2.06 bits per heavy atom. The Morgan fingerprint density at radius 3 is 2.74 bits per heavy atom. The number of nitrogens with one attached hydrogen (secondary N) is 2. The van der Waals surface area contributed by atoms with Crippen molar-refractivity contribution < 1.29 is 0 Å². The van der Waals surface area contributed by atoms with E-state index in [4.69, 9.17) is 0 Å². The first kappa shape index (κ1) is 23.9. The summed E-state index contributed by atoms with van der Waals surface area (Å²) in [4.78, 5) is 18.2. The number of aliphatic imine (C=N–C) groups is 1. The highest BCUT2D eigenvalue weighted by Crippen LogP contribution is 2.36. The second kappa shape index (κ2) is 11.2. The number of nitriles is 1. The predicted molar refractivity (Wildman–Crippen MR) is 139 cm³/mol. The molecular formula is C26H34N8. The molecule has 2 N–H and O–H groups in total. The van der Waals surface area contributed by atoms with E-state index in [1.807, 2.05) is 43.6 Å². The molecule has 0 radical (unpaired) electrons. The molecule has 178 valence electrons. The van der Waals surface area contributed by atoms with Gasteiger partial charge in [-0.15, -0.1) is 0 Å². The molecule has 0 aliphatic carbocycles. The zero-order valence-corrected chi connectivity index (χ0v) is 20.2. The summed E-state index contributed by atoms with van der Waals surface area (Å²) >= 11 is 0. The van der Waals surface area contributed by atoms with E-state index in [0.29, 0.717) is 29.8 Å². The Bertz CT molecular complexity index is 1050. The van der Waals surface area contributed by atoms with Crippen LogP contribution in [0.4, 0.5) is 17.2 Å². The Morgan fingerprint density at radius 1 is 1.24 bits per heavy atom. The summed E-state index contributed by atoms with van der Waals surface area (Å²) in [5.41, 5.74) is 4.21. The normalized spacial score (nSPS) is 21.0. The number of piperazine rings is 1. The van der Waals surface area contributed by atoms with E-state index in [9.17, 15) is 5.26 Å². The minimum atomic E-state index is 0.327. The molecule has 0 unspecified atom stereocenters. The number of hydrogen-bond donors (Lipinski definition) is 2. The molecule has 4 rings (SSSR count). The Kier molecular flexibility index (Phi) is 7.88. The average Bonchev–Trinajstić information content (AvgIpc) is 2.88. The van der Waals surface area contributed by atoms with Gasteiger partial charge in [-0.2, -0.15) is 5.26 Å². The topological polar surface area (TPSA) is 92.5 Å². The molecule has 0 amide bonds. The van der Waals surface area contributed by atoms with Crippen LogP contribution in [0.3, 0.4) is 0 Å². The second-order valence-corrected chi connectivity index (χ2v) is 9.09. The summed E-state index contributed by atoms with van der Waals surface area (Å²) < 4.78 is 0. The molecule has 8 nitrogen and oxygen atoms in total. The molecule has 3 heterocycles. The van der Waals surface area contributed by atoms with Crippen molar-refractivity contribution in [2.75, 3.05) is 49.1 Å². The van der Waals surface area contributed by atoms with E-state index in [1.165, 1.54) is 0 Å². The molecule has 2 fully saturated rings. The third-order valence-corrected chi connectivity index (χ3v) is 6.51. The van der Waals surface area contributed by atoms with Crippen LogP contribution in [0.5, 0.6) is 0 Å². The largest absolute Gasteiger partial charge is 0.369 e. The Balaban J connectivity index is 1.45. The van der Waals surface area contributed by atoms with Gasteiger partial charge in [0, 0.05) is 63.1 Å². The van der Waals surface area contributed by atoms with Gasteiger partial charge in [-0.05, 0) is 38.1 Å². The first-order valence-corrected chi connectivity index (χ1v) is 12.0. The molecule has 2 aromatic rings. The van der Waals surface area contributed by atoms with Crippen LogP contribution in [0.15, 0.2) is 35.6 Å². The number of benzene rings is 1. The molecule has 34 heavy (non-hydrogen) atoms. The van der Waals surface area contributed by atoms with Crippen LogP contribution in [0.1, 0.15) is 37.1 Å². The van der Waals surface area contributed by atoms with E-state index < -0.39 is 0 Å². The SMILES string of the molecule is C=Nc1c(C#N)ccc(N2C[C@@H](C)C[C@@H](NCc3cnc(N4CCNCC4)cn3)C2)c1/C=C\C. The standard InChI is InChI=1S/C26H34N8/c1-4-5-23-24(7-6-20(13-27)26(23)28-3)34-17-19(2)12-21(18-34)30-14-22-15-32-25(16-31-22)33-10-8-29-9-11-33/h4-7,15-16,19,21,29-30H,3,8-12,14,17-18H2,1-2H3/b5-4-/t19-,21+/m0/s1. The molecule has 0 spiro atoms. The van der Waals surface area contributed by atoms with Crippen LogP contribution in [-0.2, 0) is 6.54 Å². The van der Waals surface area contributed by atoms with Crippen molar-refractivity contribution in [3.8, 4) is 6.07 Å². The van der Waals surface area contributed by atoms with Gasteiger partial charge in [-0.25, -0.2) is 4.98 Å². The average molecular weight is 459 g/mol. The van der Waals surface area contributed by atoms with Gasteiger partial charge in [0.15, 0.2) is 0 Å². The third kappa shape index (κ3) is 5.44. The lowest BCUT2D eigenvalue weighted by molar-refractivity contribution is 0.348. The van der Waals surface area contributed by atoms with E-state index in [1.54, 1.807) is 0 Å². The van der Waals surface area contributed by atoms with Gasteiger partial charge in [0.1, 0.15) is 11.9 Å². The number of aromatic nitrogens is 2. The fourth-order valence-corrected chi connectivity index (χ4v) is 4.91. The minimum absolute atomic E-state index is 0.327. The van der Waals surface area contributed by atoms with Crippen LogP contribution in [0.25, 0.3) is 6.08 Å². The van der Waals surface area contributed by atoms with Gasteiger partial charge < -0.3 is 20.4 Å². The molecule has 2 atom stereocenters. The first-order valence-electron chi connectivity index (χ1n) is 12.0. The van der Waals surface area contributed by atoms with Gasteiger partial charge in [0.25, 0.3) is 0 Å². The van der Waals surface area contributed by atoms with E-state index in [2.05, 4.69) is 55.1 Å². The van der Waals surface area contributed by atoms with Crippen LogP contribution in [-0.4, -0.2) is 62.0 Å². The zero-order valence-electron chi connectivity index (χ0n) is 20.2. The van der Waals surface area contributed by atoms with Crippen molar-refractivity contribution in [1.82, 2.24) is 20.6 Å². The molecule has 2 aliphatic heterocycles. The second-order valence-electron chi connectivity index (χ2n) is 9.09. The van der Waals surface area contributed by atoms with Gasteiger partial charge >= 0.3 is 0 Å². The molecular weight excluding hydrogens is 424 g/mol. The molecule has 0 saturated carbocycles. The highest BCUT2D eigenvalue weighted by Gasteiger charge is 2.27. The van der Waals surface area contributed by atoms with Crippen LogP contribution < -0.4 is 20.4 Å². The maximum atomic E-state index is 9.49. The maximum absolute atomic E-state index is 9.49. The molecule has 1 aromatic carbocycles. The van der Waals surface area contributed by atoms with Crippen LogP contribution >= 0.6 is 0 Å². The van der Waals surface area contributed by atoms with Crippen molar-refractivity contribution in [3.05, 3.63) is 47.4 Å². The minimum Gasteiger partial charge on any atom is -0.369 e. The van der Waals surface area contributed by atoms with Crippen molar-refractivity contribution in [2.24, 2.45) is 10.9 Å². The number of rotatable bonds is 7. The van der Waals surface area contributed by atoms with E-state index in [-0.39, 0.29) is 0 Å². The lowest BCUT2D eigenvalue weighted by Crippen LogP contribution is -2.48. The third-order valence-electron chi connectivity index (χ3n) is 6.51. The van der Waals surface area contributed by atoms with Crippen molar-refractivity contribution >= 4 is 30.0 Å². The van der Waals surface area contributed by atoms with Gasteiger partial charge in [0.05, 0.1) is 29.3 Å². The molecule has 8 heteroatoms. The van der Waals surface area contributed by atoms with Crippen molar-refractivity contribution in [3.63, 3.8) is 0 Å². The summed E-state index contributed by atoms with van der Waals surface area (Å²) in [6.07, 6.45) is 8.89. The number of anilines is 2. The highest BCUT2D eigenvalue weighted by atomic mass is 15.2. The summed E-state index contributed by atoms with van der Waals surface area (Å²) in [6.45, 7) is 14.4. The molecule has 2 saturated heterocycles. The summed E-state index contributed by atoms with van der Waals surface area (Å²) in [6, 6.07) is 6.46. The quantitative estimate of drug-likeness (QED) is 0.616. The van der Waals surface area contributed by atoms with Crippen LogP contribution in [0, 0.1) is 17.2 Å². The van der Waals surface area contributed by atoms with Gasteiger partial charge in [-0.1, -0.05) is 19.1 Å². The smallest absolute Gasteiger partial charge is 0.147 e. The maximum Gasteiger partial charge on any atom is 0.147 e. The van der Waals surface area contributed by atoms with E-state index in [0.717, 1.165) is 68.5 Å². The fraction of sp³-hybridized carbons (Fsp3) is 0.462. The van der Waals surface area contributed by atoms with Gasteiger partial charge in [0.2, 0.25) is 0 Å². The monoisotopic (exact) mass is 458 g/mol. The van der Waals surface area contributed by atoms with Gasteiger partial charge in [-0.3, -0.25) is 9.98 Å². The first-order chi connectivity index (χ1) is 16.6. The molecule has 1 aromatic heterocycles.